The molecule has 0 atom stereocenters. The topological polar surface area (TPSA) is 71.3 Å². The quantitative estimate of drug-likeness (QED) is 0.852. The van der Waals surface area contributed by atoms with E-state index in [2.05, 4.69) is 26.8 Å². The summed E-state index contributed by atoms with van der Waals surface area (Å²) in [6.07, 6.45) is 8.68. The first-order chi connectivity index (χ1) is 10.2. The zero-order chi connectivity index (χ0) is 14.7. The van der Waals surface area contributed by atoms with Gasteiger partial charge in [-0.05, 0) is 44.7 Å². The van der Waals surface area contributed by atoms with Crippen molar-refractivity contribution in [3.05, 3.63) is 35.8 Å². The molecule has 2 amide bonds. The minimum atomic E-state index is -0.197. The molecule has 110 valence electrons. The van der Waals surface area contributed by atoms with Crippen LogP contribution in [-0.4, -0.2) is 27.2 Å². The molecule has 2 aromatic heterocycles. The molecule has 6 nitrogen and oxygen atoms in total. The Hall–Kier alpha value is -2.37. The van der Waals surface area contributed by atoms with Gasteiger partial charge in [0.25, 0.3) is 0 Å². The Morgan fingerprint density at radius 1 is 1.38 bits per heavy atom. The number of anilines is 1. The maximum absolute atomic E-state index is 11.9. The lowest BCUT2D eigenvalue weighted by Crippen LogP contribution is -2.30. The van der Waals surface area contributed by atoms with Crippen LogP contribution < -0.4 is 10.6 Å². The Kier molecular flexibility index (Phi) is 3.85. The van der Waals surface area contributed by atoms with Crippen molar-refractivity contribution in [1.82, 2.24) is 19.9 Å². The van der Waals surface area contributed by atoms with E-state index in [4.69, 9.17) is 0 Å². The molecule has 0 fully saturated rings. The first-order valence-electron chi connectivity index (χ1n) is 7.26. The molecule has 1 aliphatic rings. The third kappa shape index (κ3) is 3.39. The van der Waals surface area contributed by atoms with Crippen LogP contribution >= 0.6 is 0 Å². The molecule has 0 unspecified atom stereocenters. The van der Waals surface area contributed by atoms with Gasteiger partial charge >= 0.3 is 6.03 Å². The summed E-state index contributed by atoms with van der Waals surface area (Å²) in [6, 6.07) is 3.46. The molecule has 0 saturated carbocycles. The van der Waals surface area contributed by atoms with Crippen LogP contribution in [-0.2, 0) is 0 Å². The van der Waals surface area contributed by atoms with Gasteiger partial charge in [0.05, 0.1) is 11.9 Å². The highest BCUT2D eigenvalue weighted by atomic mass is 16.2. The zero-order valence-corrected chi connectivity index (χ0v) is 12.1. The van der Waals surface area contributed by atoms with Gasteiger partial charge in [0.2, 0.25) is 0 Å². The third-order valence-corrected chi connectivity index (χ3v) is 3.56. The van der Waals surface area contributed by atoms with E-state index in [1.807, 2.05) is 19.1 Å². The van der Waals surface area contributed by atoms with Crippen LogP contribution in [0.1, 0.15) is 31.5 Å². The van der Waals surface area contributed by atoms with E-state index < -0.39 is 0 Å². The highest BCUT2D eigenvalue weighted by Gasteiger charge is 2.07. The second-order valence-corrected chi connectivity index (χ2v) is 5.30. The molecule has 0 saturated heterocycles. The van der Waals surface area contributed by atoms with Gasteiger partial charge in [-0.3, -0.25) is 0 Å². The fourth-order valence-corrected chi connectivity index (χ4v) is 2.50. The van der Waals surface area contributed by atoms with Crippen molar-refractivity contribution in [1.29, 1.82) is 0 Å². The fraction of sp³-hybridized carbons (Fsp3) is 0.400. The van der Waals surface area contributed by atoms with Crippen molar-refractivity contribution in [2.75, 3.05) is 11.9 Å². The SMILES string of the molecule is Cc1nc2ccc(NC(=O)NCC3=CCCCC3)cn2n1. The molecule has 0 spiro atoms. The number of hydrogen-bond acceptors (Lipinski definition) is 3. The Bertz CT molecular complexity index is 688. The number of aromatic nitrogens is 3. The number of hydrogen-bond donors (Lipinski definition) is 2. The van der Waals surface area contributed by atoms with Crippen LogP contribution in [0.5, 0.6) is 0 Å². The second kappa shape index (κ2) is 5.95. The Morgan fingerprint density at radius 3 is 3.10 bits per heavy atom. The second-order valence-electron chi connectivity index (χ2n) is 5.30. The molecule has 2 heterocycles. The number of carbonyl (C=O) groups is 1. The van der Waals surface area contributed by atoms with Crippen molar-refractivity contribution < 1.29 is 4.79 Å². The molecular formula is C15H19N5O. The van der Waals surface area contributed by atoms with Gasteiger partial charge in [-0.25, -0.2) is 14.3 Å². The van der Waals surface area contributed by atoms with Crippen LogP contribution in [0.25, 0.3) is 5.65 Å². The molecule has 0 bridgehead atoms. The molecule has 21 heavy (non-hydrogen) atoms. The molecule has 0 radical (unpaired) electrons. The Labute approximate surface area is 123 Å². The van der Waals surface area contributed by atoms with Crippen molar-refractivity contribution >= 4 is 17.4 Å². The van der Waals surface area contributed by atoms with E-state index in [0.29, 0.717) is 18.1 Å². The maximum Gasteiger partial charge on any atom is 0.319 e. The smallest absolute Gasteiger partial charge is 0.319 e. The first-order valence-corrected chi connectivity index (χ1v) is 7.26. The van der Waals surface area contributed by atoms with E-state index in [1.165, 1.54) is 18.4 Å². The van der Waals surface area contributed by atoms with Crippen LogP contribution in [0.4, 0.5) is 10.5 Å². The predicted octanol–water partition coefficient (Wildman–Crippen LogP) is 2.66. The van der Waals surface area contributed by atoms with Crippen LogP contribution in [0, 0.1) is 6.92 Å². The number of amides is 2. The number of aryl methyl sites for hydroxylation is 1. The van der Waals surface area contributed by atoms with E-state index >= 15 is 0 Å². The number of fused-ring (bicyclic) bond motifs is 1. The number of allylic oxidation sites excluding steroid dienone is 1. The minimum absolute atomic E-state index is 0.197. The maximum atomic E-state index is 11.9. The molecule has 1 aliphatic carbocycles. The van der Waals surface area contributed by atoms with E-state index in [1.54, 1.807) is 10.7 Å². The lowest BCUT2D eigenvalue weighted by Gasteiger charge is -2.13. The summed E-state index contributed by atoms with van der Waals surface area (Å²) < 4.78 is 1.66. The largest absolute Gasteiger partial charge is 0.334 e. The Balaban J connectivity index is 1.59. The average molecular weight is 285 g/mol. The summed E-state index contributed by atoms with van der Waals surface area (Å²) >= 11 is 0. The van der Waals surface area contributed by atoms with Crippen LogP contribution in [0.15, 0.2) is 30.0 Å². The molecule has 6 heteroatoms. The van der Waals surface area contributed by atoms with Crippen LogP contribution in [0.2, 0.25) is 0 Å². The molecule has 2 N–H and O–H groups in total. The van der Waals surface area contributed by atoms with Crippen molar-refractivity contribution in [3.63, 3.8) is 0 Å². The fourth-order valence-electron chi connectivity index (χ4n) is 2.50. The number of rotatable bonds is 3. The van der Waals surface area contributed by atoms with E-state index in [9.17, 15) is 4.79 Å². The van der Waals surface area contributed by atoms with Gasteiger partial charge < -0.3 is 10.6 Å². The first kappa shape index (κ1) is 13.6. The van der Waals surface area contributed by atoms with Crippen molar-refractivity contribution in [2.45, 2.75) is 32.6 Å². The standard InChI is InChI=1S/C15H19N5O/c1-11-17-14-8-7-13(10-20(14)19-11)18-15(21)16-9-12-5-3-2-4-6-12/h5,7-8,10H,2-4,6,9H2,1H3,(H2,16,18,21). The normalized spacial score (nSPS) is 14.8. The lowest BCUT2D eigenvalue weighted by atomic mass is 10.00. The van der Waals surface area contributed by atoms with E-state index in [-0.39, 0.29) is 6.03 Å². The summed E-state index contributed by atoms with van der Waals surface area (Å²) in [4.78, 5) is 16.1. The van der Waals surface area contributed by atoms with Gasteiger partial charge in [-0.15, -0.1) is 0 Å². The number of carbonyl (C=O) groups excluding carboxylic acids is 1. The number of nitrogens with one attached hydrogen (secondary N) is 2. The summed E-state index contributed by atoms with van der Waals surface area (Å²) in [5, 5.41) is 9.93. The summed E-state index contributed by atoms with van der Waals surface area (Å²) in [5.41, 5.74) is 2.78. The number of urea groups is 1. The lowest BCUT2D eigenvalue weighted by molar-refractivity contribution is 0.252. The zero-order valence-electron chi connectivity index (χ0n) is 12.1. The van der Waals surface area contributed by atoms with Gasteiger partial charge in [0.1, 0.15) is 5.82 Å². The van der Waals surface area contributed by atoms with Gasteiger partial charge in [0, 0.05) is 6.54 Å². The van der Waals surface area contributed by atoms with Crippen molar-refractivity contribution in [2.24, 2.45) is 0 Å². The average Bonchev–Trinajstić information content (AvgIpc) is 2.85. The van der Waals surface area contributed by atoms with Gasteiger partial charge in [-0.2, -0.15) is 5.10 Å². The molecule has 3 rings (SSSR count). The highest BCUT2D eigenvalue weighted by molar-refractivity contribution is 5.89. The monoisotopic (exact) mass is 285 g/mol. The number of pyridine rings is 1. The van der Waals surface area contributed by atoms with Crippen LogP contribution in [0.3, 0.4) is 0 Å². The van der Waals surface area contributed by atoms with Crippen molar-refractivity contribution in [3.8, 4) is 0 Å². The number of nitrogens with zero attached hydrogens (tertiary/aromatic N) is 3. The summed E-state index contributed by atoms with van der Waals surface area (Å²) in [7, 11) is 0. The molecule has 0 aromatic carbocycles. The summed E-state index contributed by atoms with van der Waals surface area (Å²) in [6.45, 7) is 2.46. The highest BCUT2D eigenvalue weighted by Crippen LogP contribution is 2.16. The molecular weight excluding hydrogens is 266 g/mol. The summed E-state index contributed by atoms with van der Waals surface area (Å²) in [5.74, 6) is 0.709. The van der Waals surface area contributed by atoms with E-state index in [0.717, 1.165) is 18.5 Å². The molecule has 0 aliphatic heterocycles. The minimum Gasteiger partial charge on any atom is -0.334 e. The Morgan fingerprint density at radius 2 is 2.29 bits per heavy atom. The third-order valence-electron chi connectivity index (χ3n) is 3.56. The predicted molar refractivity (Wildman–Crippen MR) is 81.3 cm³/mol. The van der Waals surface area contributed by atoms with Gasteiger partial charge in [-0.1, -0.05) is 11.6 Å². The molecule has 2 aromatic rings. The van der Waals surface area contributed by atoms with Gasteiger partial charge in [0.15, 0.2) is 5.65 Å².